The molecule has 0 saturated carbocycles. The Labute approximate surface area is 135 Å². The van der Waals surface area contributed by atoms with Gasteiger partial charge in [-0.05, 0) is 34.0 Å². The van der Waals surface area contributed by atoms with Crippen LogP contribution in [0.1, 0.15) is 43.4 Å². The molecule has 0 atom stereocenters. The highest BCUT2D eigenvalue weighted by Gasteiger charge is 2.23. The molecule has 1 aromatic heterocycles. The first-order valence-electron chi connectivity index (χ1n) is 7.12. The molecule has 0 aliphatic rings. The molecule has 0 bridgehead atoms. The van der Waals surface area contributed by atoms with Crippen LogP contribution in [0.5, 0.6) is 0 Å². The van der Waals surface area contributed by atoms with Crippen LogP contribution in [0.25, 0.3) is 0 Å². The number of aryl methyl sites for hydroxylation is 1. The third-order valence-corrected chi connectivity index (χ3v) is 4.21. The van der Waals surface area contributed by atoms with Gasteiger partial charge in [0.2, 0.25) is 0 Å². The Morgan fingerprint density at radius 3 is 2.38 bits per heavy atom. The molecule has 0 saturated heterocycles. The van der Waals surface area contributed by atoms with Crippen molar-refractivity contribution in [2.75, 3.05) is 12.4 Å². The molecule has 0 unspecified atom stereocenters. The average Bonchev–Trinajstić information content (AvgIpc) is 2.41. The van der Waals surface area contributed by atoms with Gasteiger partial charge < -0.3 is 5.32 Å². The highest BCUT2D eigenvalue weighted by Crippen LogP contribution is 2.32. The Balaban J connectivity index is 2.48. The minimum absolute atomic E-state index is 0.0339. The van der Waals surface area contributed by atoms with Crippen molar-refractivity contribution in [3.63, 3.8) is 0 Å². The maximum absolute atomic E-state index is 4.79. The molecule has 21 heavy (non-hydrogen) atoms. The largest absolute Gasteiger partial charge is 0.372 e. The number of halogens is 1. The molecule has 3 nitrogen and oxygen atoms in total. The molecule has 112 valence electrons. The van der Waals surface area contributed by atoms with Crippen molar-refractivity contribution >= 4 is 21.7 Å². The number of aromatic nitrogens is 2. The lowest BCUT2D eigenvalue weighted by molar-refractivity contribution is 0.559. The fourth-order valence-corrected chi connectivity index (χ4v) is 3.18. The van der Waals surface area contributed by atoms with E-state index in [0.717, 1.165) is 28.2 Å². The Morgan fingerprint density at radius 2 is 1.81 bits per heavy atom. The van der Waals surface area contributed by atoms with Crippen LogP contribution in [0.4, 0.5) is 5.82 Å². The van der Waals surface area contributed by atoms with Crippen LogP contribution in [0.2, 0.25) is 0 Å². The molecule has 1 N–H and O–H groups in total. The van der Waals surface area contributed by atoms with Crippen molar-refractivity contribution in [2.24, 2.45) is 0 Å². The second-order valence-corrected chi connectivity index (χ2v) is 7.05. The molecule has 0 aliphatic carbocycles. The third-order valence-electron chi connectivity index (χ3n) is 3.45. The number of hydrogen-bond acceptors (Lipinski definition) is 3. The van der Waals surface area contributed by atoms with Crippen molar-refractivity contribution in [2.45, 2.75) is 39.5 Å². The van der Waals surface area contributed by atoms with Gasteiger partial charge in [-0.1, -0.05) is 45.0 Å². The summed E-state index contributed by atoms with van der Waals surface area (Å²) in [6.45, 7) is 8.61. The predicted octanol–water partition coefficient (Wildman–Crippen LogP) is 4.48. The zero-order valence-electron chi connectivity index (χ0n) is 13.3. The fourth-order valence-electron chi connectivity index (χ4n) is 2.21. The fraction of sp³-hybridized carbons (Fsp3) is 0.412. The molecule has 1 aromatic carbocycles. The van der Waals surface area contributed by atoms with Crippen molar-refractivity contribution in [3.05, 3.63) is 51.4 Å². The molecule has 0 radical (unpaired) electrons. The van der Waals surface area contributed by atoms with Crippen LogP contribution in [0.3, 0.4) is 0 Å². The van der Waals surface area contributed by atoms with Crippen molar-refractivity contribution in [3.8, 4) is 0 Å². The standard InChI is InChI=1S/C17H22BrN3/c1-11-8-6-7-9-12(11)10-13-20-15(17(2,3)4)14(18)16(19-5)21-13/h6-9H,10H2,1-5H3,(H,19,20,21). The normalized spacial score (nSPS) is 11.5. The summed E-state index contributed by atoms with van der Waals surface area (Å²) < 4.78 is 0.950. The summed E-state index contributed by atoms with van der Waals surface area (Å²) in [5, 5.41) is 3.15. The molecule has 1 heterocycles. The first-order valence-corrected chi connectivity index (χ1v) is 7.91. The van der Waals surface area contributed by atoms with Gasteiger partial charge in [0.15, 0.2) is 0 Å². The summed E-state index contributed by atoms with van der Waals surface area (Å²) in [4.78, 5) is 9.42. The van der Waals surface area contributed by atoms with Crippen LogP contribution in [-0.2, 0) is 11.8 Å². The van der Waals surface area contributed by atoms with Gasteiger partial charge in [-0.3, -0.25) is 0 Å². The number of hydrogen-bond donors (Lipinski definition) is 1. The Morgan fingerprint density at radius 1 is 1.14 bits per heavy atom. The van der Waals surface area contributed by atoms with E-state index in [-0.39, 0.29) is 5.41 Å². The van der Waals surface area contributed by atoms with Gasteiger partial charge >= 0.3 is 0 Å². The molecule has 0 fully saturated rings. The minimum Gasteiger partial charge on any atom is -0.372 e. The number of rotatable bonds is 3. The quantitative estimate of drug-likeness (QED) is 0.889. The predicted molar refractivity (Wildman–Crippen MR) is 92.0 cm³/mol. The van der Waals surface area contributed by atoms with E-state index in [1.54, 1.807) is 0 Å². The Kier molecular flexibility index (Phi) is 4.67. The van der Waals surface area contributed by atoms with Gasteiger partial charge in [-0.15, -0.1) is 0 Å². The van der Waals surface area contributed by atoms with Crippen LogP contribution >= 0.6 is 15.9 Å². The summed E-state index contributed by atoms with van der Waals surface area (Å²) in [7, 11) is 1.89. The van der Waals surface area contributed by atoms with Gasteiger partial charge in [0.25, 0.3) is 0 Å². The Hall–Kier alpha value is -1.42. The Bertz CT molecular complexity index is 645. The zero-order valence-corrected chi connectivity index (χ0v) is 14.9. The van der Waals surface area contributed by atoms with Crippen molar-refractivity contribution in [1.29, 1.82) is 0 Å². The highest BCUT2D eigenvalue weighted by atomic mass is 79.9. The summed E-state index contributed by atoms with van der Waals surface area (Å²) in [5.74, 6) is 1.69. The number of nitrogens with zero attached hydrogens (tertiary/aromatic N) is 2. The second-order valence-electron chi connectivity index (χ2n) is 6.25. The van der Waals surface area contributed by atoms with E-state index in [4.69, 9.17) is 4.98 Å². The van der Waals surface area contributed by atoms with Gasteiger partial charge in [-0.2, -0.15) is 0 Å². The van der Waals surface area contributed by atoms with E-state index < -0.39 is 0 Å². The van der Waals surface area contributed by atoms with Gasteiger partial charge in [0, 0.05) is 18.9 Å². The number of nitrogens with one attached hydrogen (secondary N) is 1. The maximum Gasteiger partial charge on any atom is 0.144 e. The van der Waals surface area contributed by atoms with Gasteiger partial charge in [0.1, 0.15) is 11.6 Å². The smallest absolute Gasteiger partial charge is 0.144 e. The molecular weight excluding hydrogens is 326 g/mol. The summed E-state index contributed by atoms with van der Waals surface area (Å²) >= 11 is 3.62. The number of anilines is 1. The first-order chi connectivity index (χ1) is 9.82. The maximum atomic E-state index is 4.79. The summed E-state index contributed by atoms with van der Waals surface area (Å²) in [5.41, 5.74) is 3.54. The van der Waals surface area contributed by atoms with Gasteiger partial charge in [0.05, 0.1) is 10.2 Å². The lowest BCUT2D eigenvalue weighted by atomic mass is 9.91. The first kappa shape index (κ1) is 16.0. The van der Waals surface area contributed by atoms with E-state index in [0.29, 0.717) is 0 Å². The highest BCUT2D eigenvalue weighted by molar-refractivity contribution is 9.10. The lowest BCUT2D eigenvalue weighted by Crippen LogP contribution is -2.18. The van der Waals surface area contributed by atoms with Crippen LogP contribution in [-0.4, -0.2) is 17.0 Å². The molecule has 2 aromatic rings. The molecule has 0 amide bonds. The van der Waals surface area contributed by atoms with E-state index >= 15 is 0 Å². The molecule has 0 spiro atoms. The average molecular weight is 348 g/mol. The van der Waals surface area contributed by atoms with E-state index in [1.165, 1.54) is 11.1 Å². The van der Waals surface area contributed by atoms with Crippen molar-refractivity contribution < 1.29 is 0 Å². The molecule has 4 heteroatoms. The monoisotopic (exact) mass is 347 g/mol. The second kappa shape index (κ2) is 6.14. The molecule has 2 rings (SSSR count). The van der Waals surface area contributed by atoms with Crippen LogP contribution < -0.4 is 5.32 Å². The molecule has 0 aliphatic heterocycles. The zero-order chi connectivity index (χ0) is 15.6. The third kappa shape index (κ3) is 3.62. The van der Waals surface area contributed by atoms with Crippen LogP contribution in [0.15, 0.2) is 28.7 Å². The number of benzene rings is 1. The topological polar surface area (TPSA) is 37.8 Å². The van der Waals surface area contributed by atoms with Crippen LogP contribution in [0, 0.1) is 6.92 Å². The summed E-state index contributed by atoms with van der Waals surface area (Å²) in [6.07, 6.45) is 0.748. The van der Waals surface area contributed by atoms with E-state index in [1.807, 2.05) is 7.05 Å². The van der Waals surface area contributed by atoms with E-state index in [9.17, 15) is 0 Å². The van der Waals surface area contributed by atoms with E-state index in [2.05, 4.69) is 78.2 Å². The minimum atomic E-state index is -0.0339. The van der Waals surface area contributed by atoms with Crippen molar-refractivity contribution in [1.82, 2.24) is 9.97 Å². The van der Waals surface area contributed by atoms with Gasteiger partial charge in [-0.25, -0.2) is 9.97 Å². The summed E-state index contributed by atoms with van der Waals surface area (Å²) in [6, 6.07) is 8.38. The molecular formula is C17H22BrN3. The lowest BCUT2D eigenvalue weighted by Gasteiger charge is -2.21. The SMILES string of the molecule is CNc1nc(Cc2ccccc2C)nc(C(C)(C)C)c1Br.